The van der Waals surface area contributed by atoms with Crippen molar-refractivity contribution in [3.05, 3.63) is 40.2 Å². The molecule has 0 saturated heterocycles. The van der Waals surface area contributed by atoms with E-state index in [0.717, 1.165) is 5.56 Å². The van der Waals surface area contributed by atoms with Gasteiger partial charge >= 0.3 is 0 Å². The first kappa shape index (κ1) is 14.5. The normalized spacial score (nSPS) is 10.4. The van der Waals surface area contributed by atoms with Crippen molar-refractivity contribution in [2.75, 3.05) is 14.2 Å². The van der Waals surface area contributed by atoms with E-state index in [4.69, 9.17) is 9.47 Å². The van der Waals surface area contributed by atoms with E-state index in [0.29, 0.717) is 28.5 Å². The zero-order valence-electron chi connectivity index (χ0n) is 11.6. The quantitative estimate of drug-likeness (QED) is 0.874. The summed E-state index contributed by atoms with van der Waals surface area (Å²) in [6.07, 6.45) is 0. The van der Waals surface area contributed by atoms with Gasteiger partial charge < -0.3 is 9.47 Å². The molecule has 5 nitrogen and oxygen atoms in total. The Bertz CT molecular complexity index is 683. The first-order valence-electron chi connectivity index (χ1n) is 6.01. The Balaban J connectivity index is 2.62. The van der Waals surface area contributed by atoms with Crippen molar-refractivity contribution in [2.24, 2.45) is 7.05 Å². The molecule has 1 heterocycles. The minimum absolute atomic E-state index is 0.142. The largest absolute Gasteiger partial charge is 0.497 e. The molecule has 2 aromatic rings. The van der Waals surface area contributed by atoms with Crippen LogP contribution in [-0.4, -0.2) is 24.0 Å². The summed E-state index contributed by atoms with van der Waals surface area (Å²) >= 11 is 4.17. The lowest BCUT2D eigenvalue weighted by Crippen LogP contribution is -2.23. The number of hydrogen-bond acceptors (Lipinski definition) is 5. The SMILES string of the molecule is COc1ccc(-c2cc(CS)c(=O)n(C)n2)c(OC)c1. The van der Waals surface area contributed by atoms with Gasteiger partial charge in [0, 0.05) is 30.0 Å². The van der Waals surface area contributed by atoms with Crippen LogP contribution in [0, 0.1) is 0 Å². The van der Waals surface area contributed by atoms with E-state index in [9.17, 15) is 4.79 Å². The summed E-state index contributed by atoms with van der Waals surface area (Å²) < 4.78 is 11.8. The molecule has 0 aliphatic heterocycles. The molecule has 0 radical (unpaired) electrons. The predicted molar refractivity (Wildman–Crippen MR) is 80.7 cm³/mol. The number of thiol groups is 1. The zero-order chi connectivity index (χ0) is 14.7. The Morgan fingerprint density at radius 3 is 2.60 bits per heavy atom. The number of benzene rings is 1. The smallest absolute Gasteiger partial charge is 0.270 e. The molecule has 0 atom stereocenters. The maximum Gasteiger partial charge on any atom is 0.270 e. The third-order valence-corrected chi connectivity index (χ3v) is 3.33. The van der Waals surface area contributed by atoms with Crippen LogP contribution in [0.5, 0.6) is 11.5 Å². The third kappa shape index (κ3) is 2.65. The predicted octanol–water partition coefficient (Wildman–Crippen LogP) is 1.89. The third-order valence-electron chi connectivity index (χ3n) is 2.99. The summed E-state index contributed by atoms with van der Waals surface area (Å²) in [7, 11) is 4.80. The average Bonchev–Trinajstić information content (AvgIpc) is 2.49. The van der Waals surface area contributed by atoms with E-state index < -0.39 is 0 Å². The number of methoxy groups -OCH3 is 2. The van der Waals surface area contributed by atoms with Gasteiger partial charge in [-0.05, 0) is 18.2 Å². The van der Waals surface area contributed by atoms with E-state index >= 15 is 0 Å². The van der Waals surface area contributed by atoms with E-state index in [2.05, 4.69) is 17.7 Å². The van der Waals surface area contributed by atoms with E-state index in [-0.39, 0.29) is 5.56 Å². The van der Waals surface area contributed by atoms with Gasteiger partial charge in [-0.15, -0.1) is 0 Å². The van der Waals surface area contributed by atoms with E-state index in [1.165, 1.54) is 4.68 Å². The molecule has 106 valence electrons. The van der Waals surface area contributed by atoms with Crippen LogP contribution in [0.25, 0.3) is 11.3 Å². The summed E-state index contributed by atoms with van der Waals surface area (Å²) in [5, 5.41) is 4.27. The fraction of sp³-hybridized carbons (Fsp3) is 0.286. The molecule has 0 saturated carbocycles. The lowest BCUT2D eigenvalue weighted by Gasteiger charge is -2.11. The molecule has 1 aromatic carbocycles. The van der Waals surface area contributed by atoms with Crippen molar-refractivity contribution < 1.29 is 9.47 Å². The van der Waals surface area contributed by atoms with Gasteiger partial charge in [-0.25, -0.2) is 4.68 Å². The van der Waals surface area contributed by atoms with Crippen LogP contribution in [0.2, 0.25) is 0 Å². The lowest BCUT2D eigenvalue weighted by atomic mass is 10.1. The second-order valence-electron chi connectivity index (χ2n) is 4.21. The number of rotatable bonds is 4. The van der Waals surface area contributed by atoms with Crippen molar-refractivity contribution in [3.63, 3.8) is 0 Å². The van der Waals surface area contributed by atoms with Crippen LogP contribution in [-0.2, 0) is 12.8 Å². The van der Waals surface area contributed by atoms with E-state index in [1.54, 1.807) is 33.4 Å². The Kier molecular flexibility index (Phi) is 4.34. The zero-order valence-corrected chi connectivity index (χ0v) is 12.5. The van der Waals surface area contributed by atoms with Gasteiger partial charge in [0.2, 0.25) is 0 Å². The molecule has 2 rings (SSSR count). The molecule has 0 spiro atoms. The van der Waals surface area contributed by atoms with Gasteiger partial charge in [-0.2, -0.15) is 17.7 Å². The summed E-state index contributed by atoms with van der Waals surface area (Å²) in [6, 6.07) is 7.19. The van der Waals surface area contributed by atoms with Gasteiger partial charge in [-0.3, -0.25) is 4.79 Å². The fourth-order valence-electron chi connectivity index (χ4n) is 1.93. The van der Waals surface area contributed by atoms with E-state index in [1.807, 2.05) is 12.1 Å². The first-order valence-corrected chi connectivity index (χ1v) is 6.64. The van der Waals surface area contributed by atoms with Gasteiger partial charge in [0.15, 0.2) is 0 Å². The minimum Gasteiger partial charge on any atom is -0.497 e. The van der Waals surface area contributed by atoms with Gasteiger partial charge in [0.25, 0.3) is 5.56 Å². The van der Waals surface area contributed by atoms with Crippen LogP contribution in [0.1, 0.15) is 5.56 Å². The molecule has 0 N–H and O–H groups in total. The van der Waals surface area contributed by atoms with Crippen LogP contribution in [0.15, 0.2) is 29.1 Å². The highest BCUT2D eigenvalue weighted by Gasteiger charge is 2.12. The fourth-order valence-corrected chi connectivity index (χ4v) is 2.15. The molecule has 20 heavy (non-hydrogen) atoms. The second kappa shape index (κ2) is 6.00. The summed E-state index contributed by atoms with van der Waals surface area (Å²) in [4.78, 5) is 11.8. The highest BCUT2D eigenvalue weighted by molar-refractivity contribution is 7.79. The Morgan fingerprint density at radius 2 is 2.00 bits per heavy atom. The lowest BCUT2D eigenvalue weighted by molar-refractivity contribution is 0.395. The van der Waals surface area contributed by atoms with Crippen molar-refractivity contribution >= 4 is 12.6 Å². The van der Waals surface area contributed by atoms with Gasteiger partial charge in [0.1, 0.15) is 11.5 Å². The molecule has 0 fully saturated rings. The Morgan fingerprint density at radius 1 is 1.25 bits per heavy atom. The maximum atomic E-state index is 11.8. The van der Waals surface area contributed by atoms with Crippen LogP contribution in [0.4, 0.5) is 0 Å². The Hall–Kier alpha value is -1.95. The van der Waals surface area contributed by atoms with Gasteiger partial charge in [-0.1, -0.05) is 0 Å². The molecule has 0 aliphatic carbocycles. The van der Waals surface area contributed by atoms with Gasteiger partial charge in [0.05, 0.1) is 19.9 Å². The molecular formula is C14H16N2O3S. The molecule has 1 aromatic heterocycles. The highest BCUT2D eigenvalue weighted by Crippen LogP contribution is 2.32. The van der Waals surface area contributed by atoms with Crippen LogP contribution in [0.3, 0.4) is 0 Å². The topological polar surface area (TPSA) is 53.4 Å². The standard InChI is InChI=1S/C14H16N2O3S/c1-16-14(17)9(8-20)6-12(15-16)11-5-4-10(18-2)7-13(11)19-3/h4-7,20H,8H2,1-3H3. The molecular weight excluding hydrogens is 276 g/mol. The highest BCUT2D eigenvalue weighted by atomic mass is 32.1. The minimum atomic E-state index is -0.142. The van der Waals surface area contributed by atoms with Crippen molar-refractivity contribution in [1.82, 2.24) is 9.78 Å². The number of aromatic nitrogens is 2. The maximum absolute atomic E-state index is 11.8. The number of hydrogen-bond donors (Lipinski definition) is 1. The Labute approximate surface area is 122 Å². The number of ether oxygens (including phenoxy) is 2. The second-order valence-corrected chi connectivity index (χ2v) is 4.52. The number of aryl methyl sites for hydroxylation is 1. The molecule has 0 amide bonds. The van der Waals surface area contributed by atoms with Crippen molar-refractivity contribution in [2.45, 2.75) is 5.75 Å². The average molecular weight is 292 g/mol. The molecule has 6 heteroatoms. The molecule has 0 unspecified atom stereocenters. The molecule has 0 aliphatic rings. The van der Waals surface area contributed by atoms with Crippen LogP contribution < -0.4 is 15.0 Å². The van der Waals surface area contributed by atoms with Crippen molar-refractivity contribution in [1.29, 1.82) is 0 Å². The summed E-state index contributed by atoms with van der Waals surface area (Å²) in [5.41, 5.74) is 1.91. The summed E-state index contributed by atoms with van der Waals surface area (Å²) in [5.74, 6) is 1.70. The van der Waals surface area contributed by atoms with Crippen LogP contribution >= 0.6 is 12.6 Å². The first-order chi connectivity index (χ1) is 9.60. The monoisotopic (exact) mass is 292 g/mol. The number of nitrogens with zero attached hydrogens (tertiary/aromatic N) is 2. The summed E-state index contributed by atoms with van der Waals surface area (Å²) in [6.45, 7) is 0. The molecule has 0 bridgehead atoms. The van der Waals surface area contributed by atoms with Crippen molar-refractivity contribution in [3.8, 4) is 22.8 Å².